The Labute approximate surface area is 108 Å². The van der Waals surface area contributed by atoms with Gasteiger partial charge in [-0.3, -0.25) is 0 Å². The van der Waals surface area contributed by atoms with Crippen molar-refractivity contribution in [1.82, 2.24) is 4.37 Å². The van der Waals surface area contributed by atoms with E-state index in [-0.39, 0.29) is 0 Å². The number of halogens is 2. The van der Waals surface area contributed by atoms with Crippen molar-refractivity contribution in [3.8, 4) is 16.2 Å². The molecule has 0 fully saturated rings. The molecule has 0 amide bonds. The third-order valence-corrected chi connectivity index (χ3v) is 3.84. The Kier molecular flexibility index (Phi) is 3.69. The molecule has 1 aromatic carbocycles. The van der Waals surface area contributed by atoms with Crippen LogP contribution in [0.2, 0.25) is 5.15 Å². The van der Waals surface area contributed by atoms with Crippen molar-refractivity contribution < 1.29 is 4.74 Å². The monoisotopic (exact) mass is 273 g/mol. The van der Waals surface area contributed by atoms with Crippen molar-refractivity contribution in [2.45, 2.75) is 5.88 Å². The van der Waals surface area contributed by atoms with Gasteiger partial charge in [-0.2, -0.15) is 4.37 Å². The third-order valence-electron chi connectivity index (χ3n) is 2.23. The van der Waals surface area contributed by atoms with Crippen LogP contribution in [0.15, 0.2) is 24.3 Å². The minimum atomic E-state index is 0.372. The van der Waals surface area contributed by atoms with Gasteiger partial charge in [0.15, 0.2) is 0 Å². The molecule has 1 heterocycles. The fourth-order valence-corrected chi connectivity index (χ4v) is 2.91. The summed E-state index contributed by atoms with van der Waals surface area (Å²) in [6.45, 7) is 0. The molecule has 0 aliphatic carbocycles. The second-order valence-corrected chi connectivity index (χ2v) is 4.54. The van der Waals surface area contributed by atoms with Crippen LogP contribution >= 0.6 is 34.7 Å². The number of benzene rings is 1. The van der Waals surface area contributed by atoms with Gasteiger partial charge >= 0.3 is 0 Å². The predicted molar refractivity (Wildman–Crippen MR) is 68.7 cm³/mol. The van der Waals surface area contributed by atoms with Crippen LogP contribution < -0.4 is 4.74 Å². The van der Waals surface area contributed by atoms with Gasteiger partial charge in [0, 0.05) is 5.56 Å². The molecule has 0 atom stereocenters. The summed E-state index contributed by atoms with van der Waals surface area (Å²) in [7, 11) is 1.64. The van der Waals surface area contributed by atoms with Crippen LogP contribution in [0.1, 0.15) is 5.56 Å². The zero-order valence-corrected chi connectivity index (χ0v) is 10.9. The lowest BCUT2D eigenvalue weighted by Gasteiger charge is -2.02. The van der Waals surface area contributed by atoms with Crippen LogP contribution in [0, 0.1) is 0 Å². The van der Waals surface area contributed by atoms with Crippen molar-refractivity contribution in [1.29, 1.82) is 0 Å². The van der Waals surface area contributed by atoms with Gasteiger partial charge in [-0.15, -0.1) is 11.6 Å². The molecule has 0 radical (unpaired) electrons. The summed E-state index contributed by atoms with van der Waals surface area (Å²) >= 11 is 13.1. The standard InChI is InChI=1S/C11H9Cl2NOS/c1-15-8-4-2-7(3-5-8)10-9(6-12)11(13)14-16-10/h2-5H,6H2,1H3. The highest BCUT2D eigenvalue weighted by atomic mass is 35.5. The summed E-state index contributed by atoms with van der Waals surface area (Å²) < 4.78 is 9.20. The van der Waals surface area contributed by atoms with Gasteiger partial charge < -0.3 is 4.74 Å². The molecule has 2 rings (SSSR count). The van der Waals surface area contributed by atoms with Crippen molar-refractivity contribution in [3.63, 3.8) is 0 Å². The quantitative estimate of drug-likeness (QED) is 0.782. The van der Waals surface area contributed by atoms with Gasteiger partial charge in [-0.25, -0.2) is 0 Å². The number of hydrogen-bond donors (Lipinski definition) is 0. The Morgan fingerprint density at radius 1 is 1.31 bits per heavy atom. The molecule has 2 nitrogen and oxygen atoms in total. The van der Waals surface area contributed by atoms with Crippen molar-refractivity contribution in [2.75, 3.05) is 7.11 Å². The molecule has 0 aliphatic rings. The molecule has 2 aromatic rings. The fraction of sp³-hybridized carbons (Fsp3) is 0.182. The maximum absolute atomic E-state index is 5.94. The first-order valence-electron chi connectivity index (χ1n) is 4.60. The molecule has 0 unspecified atom stereocenters. The Morgan fingerprint density at radius 3 is 2.56 bits per heavy atom. The topological polar surface area (TPSA) is 22.1 Å². The van der Waals surface area contributed by atoms with E-state index >= 15 is 0 Å². The van der Waals surface area contributed by atoms with E-state index in [9.17, 15) is 0 Å². The number of rotatable bonds is 3. The lowest BCUT2D eigenvalue weighted by Crippen LogP contribution is -1.83. The zero-order chi connectivity index (χ0) is 11.5. The molecule has 5 heteroatoms. The molecule has 0 saturated heterocycles. The second-order valence-electron chi connectivity index (χ2n) is 3.14. The van der Waals surface area contributed by atoms with Crippen molar-refractivity contribution in [2.24, 2.45) is 0 Å². The molecular weight excluding hydrogens is 265 g/mol. The van der Waals surface area contributed by atoms with Gasteiger partial charge in [0.2, 0.25) is 0 Å². The summed E-state index contributed by atoms with van der Waals surface area (Å²) in [6.07, 6.45) is 0. The molecule has 1 aromatic heterocycles. The lowest BCUT2D eigenvalue weighted by atomic mass is 10.1. The van der Waals surface area contributed by atoms with E-state index in [0.717, 1.165) is 21.8 Å². The Morgan fingerprint density at radius 2 is 2.00 bits per heavy atom. The SMILES string of the molecule is COc1ccc(-c2snc(Cl)c2CCl)cc1. The Bertz CT molecular complexity index is 481. The van der Waals surface area contributed by atoms with Crippen LogP contribution in [0.3, 0.4) is 0 Å². The Hall–Kier alpha value is -0.770. The minimum absolute atomic E-state index is 0.372. The molecule has 0 spiro atoms. The van der Waals surface area contributed by atoms with Gasteiger partial charge in [0.1, 0.15) is 10.9 Å². The molecule has 84 valence electrons. The number of ether oxygens (including phenoxy) is 1. The van der Waals surface area contributed by atoms with E-state index in [1.807, 2.05) is 24.3 Å². The molecule has 0 saturated carbocycles. The molecule has 0 N–H and O–H groups in total. The highest BCUT2D eigenvalue weighted by molar-refractivity contribution is 7.10. The predicted octanol–water partition coefficient (Wildman–Crippen LogP) is 4.21. The van der Waals surface area contributed by atoms with E-state index in [1.165, 1.54) is 11.5 Å². The summed E-state index contributed by atoms with van der Waals surface area (Å²) in [5, 5.41) is 0.491. The number of nitrogens with zero attached hydrogens (tertiary/aromatic N) is 1. The van der Waals surface area contributed by atoms with Crippen LogP contribution in [0.25, 0.3) is 10.4 Å². The first kappa shape index (κ1) is 11.7. The smallest absolute Gasteiger partial charge is 0.147 e. The van der Waals surface area contributed by atoms with E-state index < -0.39 is 0 Å². The number of alkyl halides is 1. The summed E-state index contributed by atoms with van der Waals surface area (Å²) in [4.78, 5) is 1.02. The highest BCUT2D eigenvalue weighted by Gasteiger charge is 2.12. The average Bonchev–Trinajstić information content (AvgIpc) is 2.70. The van der Waals surface area contributed by atoms with Gasteiger partial charge in [0.05, 0.1) is 17.9 Å². The van der Waals surface area contributed by atoms with Gasteiger partial charge in [-0.1, -0.05) is 11.6 Å². The molecule has 16 heavy (non-hydrogen) atoms. The van der Waals surface area contributed by atoms with Crippen LogP contribution in [0.5, 0.6) is 5.75 Å². The average molecular weight is 274 g/mol. The van der Waals surface area contributed by atoms with E-state index in [2.05, 4.69) is 4.37 Å². The minimum Gasteiger partial charge on any atom is -0.497 e. The fourth-order valence-electron chi connectivity index (χ4n) is 1.37. The van der Waals surface area contributed by atoms with Crippen LogP contribution in [-0.2, 0) is 5.88 Å². The van der Waals surface area contributed by atoms with Crippen LogP contribution in [-0.4, -0.2) is 11.5 Å². The normalized spacial score (nSPS) is 10.4. The third kappa shape index (κ3) is 2.17. The number of methoxy groups -OCH3 is 1. The largest absolute Gasteiger partial charge is 0.497 e. The second kappa shape index (κ2) is 5.04. The summed E-state index contributed by atoms with van der Waals surface area (Å²) in [6, 6.07) is 7.75. The molecular formula is C11H9Cl2NOS. The summed E-state index contributed by atoms with van der Waals surface area (Å²) in [5.74, 6) is 1.20. The zero-order valence-electron chi connectivity index (χ0n) is 8.54. The van der Waals surface area contributed by atoms with E-state index in [4.69, 9.17) is 27.9 Å². The van der Waals surface area contributed by atoms with Gasteiger partial charge in [-0.05, 0) is 41.4 Å². The first-order valence-corrected chi connectivity index (χ1v) is 6.29. The Balaban J connectivity index is 2.42. The molecule has 0 bridgehead atoms. The van der Waals surface area contributed by atoms with Crippen molar-refractivity contribution >= 4 is 34.7 Å². The number of hydrogen-bond acceptors (Lipinski definition) is 3. The van der Waals surface area contributed by atoms with Crippen LogP contribution in [0.4, 0.5) is 0 Å². The summed E-state index contributed by atoms with van der Waals surface area (Å²) in [5.41, 5.74) is 1.94. The molecule has 0 aliphatic heterocycles. The maximum atomic E-state index is 5.94. The van der Waals surface area contributed by atoms with E-state index in [0.29, 0.717) is 11.0 Å². The lowest BCUT2D eigenvalue weighted by molar-refractivity contribution is 0.415. The first-order chi connectivity index (χ1) is 7.76. The van der Waals surface area contributed by atoms with Gasteiger partial charge in [0.25, 0.3) is 0 Å². The maximum Gasteiger partial charge on any atom is 0.147 e. The van der Waals surface area contributed by atoms with Crippen molar-refractivity contribution in [3.05, 3.63) is 35.0 Å². The highest BCUT2D eigenvalue weighted by Crippen LogP contribution is 2.34. The van der Waals surface area contributed by atoms with E-state index in [1.54, 1.807) is 7.11 Å². The number of aromatic nitrogens is 1.